The molecule has 0 unspecified atom stereocenters. The number of amides is 2. The van der Waals surface area contributed by atoms with Gasteiger partial charge in [-0.1, -0.05) is 17.7 Å². The fourth-order valence-corrected chi connectivity index (χ4v) is 4.08. The summed E-state index contributed by atoms with van der Waals surface area (Å²) < 4.78 is 5.21. The molecule has 1 aliphatic rings. The van der Waals surface area contributed by atoms with Crippen molar-refractivity contribution in [3.63, 3.8) is 0 Å². The van der Waals surface area contributed by atoms with E-state index in [1.165, 1.54) is 31.1 Å². The molecule has 1 fully saturated rings. The molecule has 8 nitrogen and oxygen atoms in total. The van der Waals surface area contributed by atoms with Crippen LogP contribution < -0.4 is 15.0 Å². The van der Waals surface area contributed by atoms with E-state index < -0.39 is 17.7 Å². The minimum absolute atomic E-state index is 0.120. The average molecular weight is 493 g/mol. The molecular weight excluding hydrogens is 472 g/mol. The van der Waals surface area contributed by atoms with Gasteiger partial charge in [-0.15, -0.1) is 0 Å². The molecule has 9 heteroatoms. The number of methoxy groups -OCH3 is 1. The molecule has 0 aromatic heterocycles. The lowest BCUT2D eigenvalue weighted by Gasteiger charge is -2.26. The van der Waals surface area contributed by atoms with Gasteiger partial charge in [-0.2, -0.15) is 0 Å². The number of aliphatic hydroxyl groups excluding tert-OH is 1. The van der Waals surface area contributed by atoms with Crippen LogP contribution in [0.25, 0.3) is 5.76 Å². The van der Waals surface area contributed by atoms with E-state index in [0.717, 1.165) is 0 Å². The Balaban J connectivity index is 1.90. The second-order valence-corrected chi connectivity index (χ2v) is 8.27. The van der Waals surface area contributed by atoms with Crippen molar-refractivity contribution in [3.8, 4) is 11.5 Å². The summed E-state index contributed by atoms with van der Waals surface area (Å²) in [6, 6.07) is 16.0. The van der Waals surface area contributed by atoms with Crippen molar-refractivity contribution in [1.29, 1.82) is 0 Å². The van der Waals surface area contributed by atoms with E-state index in [1.54, 1.807) is 54.6 Å². The third-order valence-electron chi connectivity index (χ3n) is 5.55. The van der Waals surface area contributed by atoms with Crippen molar-refractivity contribution in [2.75, 3.05) is 17.3 Å². The first-order valence-electron chi connectivity index (χ1n) is 10.5. The Labute approximate surface area is 206 Å². The van der Waals surface area contributed by atoms with Crippen molar-refractivity contribution < 1.29 is 29.3 Å². The van der Waals surface area contributed by atoms with E-state index in [9.17, 15) is 24.6 Å². The second-order valence-electron chi connectivity index (χ2n) is 7.84. The summed E-state index contributed by atoms with van der Waals surface area (Å²) in [5.41, 5.74) is 1.50. The molecule has 1 saturated heterocycles. The summed E-state index contributed by atoms with van der Waals surface area (Å²) in [6.07, 6.45) is 0. The number of nitrogens with zero attached hydrogens (tertiary/aromatic N) is 1. The topological polar surface area (TPSA) is 116 Å². The molecule has 2 amide bonds. The Morgan fingerprint density at radius 3 is 2.29 bits per heavy atom. The number of aliphatic hydroxyl groups is 1. The van der Waals surface area contributed by atoms with E-state index in [2.05, 4.69) is 5.32 Å². The van der Waals surface area contributed by atoms with Crippen LogP contribution in [0.4, 0.5) is 11.4 Å². The number of Topliss-reactive ketones (excluding diaryl/α,β-unsaturated/α-hetero) is 1. The van der Waals surface area contributed by atoms with Gasteiger partial charge in [0.15, 0.2) is 11.5 Å². The first kappa shape index (κ1) is 23.8. The van der Waals surface area contributed by atoms with Crippen LogP contribution in [-0.2, 0) is 14.4 Å². The lowest BCUT2D eigenvalue weighted by molar-refractivity contribution is -0.132. The van der Waals surface area contributed by atoms with E-state index in [0.29, 0.717) is 27.5 Å². The molecule has 0 saturated carbocycles. The number of anilines is 2. The maximum atomic E-state index is 13.2. The predicted octanol–water partition coefficient (Wildman–Crippen LogP) is 4.64. The molecule has 0 aliphatic carbocycles. The van der Waals surface area contributed by atoms with Gasteiger partial charge in [0.25, 0.3) is 11.7 Å². The van der Waals surface area contributed by atoms with Gasteiger partial charge in [-0.3, -0.25) is 19.3 Å². The number of hydrogen-bond acceptors (Lipinski definition) is 6. The molecule has 1 atom stereocenters. The van der Waals surface area contributed by atoms with Gasteiger partial charge in [0.05, 0.1) is 18.7 Å². The summed E-state index contributed by atoms with van der Waals surface area (Å²) in [5, 5.41) is 24.3. The lowest BCUT2D eigenvalue weighted by atomic mass is 9.94. The fraction of sp³-hybridized carbons (Fsp3) is 0.115. The van der Waals surface area contributed by atoms with Crippen LogP contribution in [0, 0.1) is 0 Å². The second kappa shape index (κ2) is 9.52. The largest absolute Gasteiger partial charge is 0.507 e. The molecule has 0 bridgehead atoms. The van der Waals surface area contributed by atoms with Gasteiger partial charge in [-0.05, 0) is 66.2 Å². The first-order valence-corrected chi connectivity index (χ1v) is 10.9. The summed E-state index contributed by atoms with van der Waals surface area (Å²) >= 11 is 5.96. The summed E-state index contributed by atoms with van der Waals surface area (Å²) in [4.78, 5) is 39.1. The molecule has 1 aliphatic heterocycles. The zero-order valence-corrected chi connectivity index (χ0v) is 19.5. The highest BCUT2D eigenvalue weighted by Crippen LogP contribution is 2.44. The molecule has 4 rings (SSSR count). The van der Waals surface area contributed by atoms with Crippen LogP contribution in [0.5, 0.6) is 11.5 Å². The molecule has 178 valence electrons. The first-order chi connectivity index (χ1) is 16.7. The normalized spacial score (nSPS) is 16.9. The minimum Gasteiger partial charge on any atom is -0.507 e. The zero-order chi connectivity index (χ0) is 25.3. The lowest BCUT2D eigenvalue weighted by Crippen LogP contribution is -2.29. The predicted molar refractivity (Wildman–Crippen MR) is 132 cm³/mol. The Hall–Kier alpha value is -4.30. The van der Waals surface area contributed by atoms with Crippen molar-refractivity contribution in [2.45, 2.75) is 13.0 Å². The molecule has 3 aromatic rings. The van der Waals surface area contributed by atoms with Gasteiger partial charge in [0.1, 0.15) is 5.76 Å². The number of ketones is 1. The monoisotopic (exact) mass is 492 g/mol. The van der Waals surface area contributed by atoms with E-state index in [1.807, 2.05) is 0 Å². The fourth-order valence-electron chi connectivity index (χ4n) is 3.95. The smallest absolute Gasteiger partial charge is 0.300 e. The van der Waals surface area contributed by atoms with Gasteiger partial charge in [-0.25, -0.2) is 0 Å². The number of phenols is 1. The Morgan fingerprint density at radius 2 is 1.69 bits per heavy atom. The van der Waals surface area contributed by atoms with Crippen molar-refractivity contribution in [1.82, 2.24) is 0 Å². The summed E-state index contributed by atoms with van der Waals surface area (Å²) in [6.45, 7) is 1.38. The maximum absolute atomic E-state index is 13.2. The van der Waals surface area contributed by atoms with E-state index >= 15 is 0 Å². The van der Waals surface area contributed by atoms with Crippen molar-refractivity contribution in [2.24, 2.45) is 0 Å². The van der Waals surface area contributed by atoms with Gasteiger partial charge >= 0.3 is 0 Å². The van der Waals surface area contributed by atoms with E-state index in [-0.39, 0.29) is 28.7 Å². The Kier molecular flexibility index (Phi) is 6.48. The molecular formula is C26H21ClN2O6. The maximum Gasteiger partial charge on any atom is 0.300 e. The number of ether oxygens (including phenoxy) is 1. The van der Waals surface area contributed by atoms with E-state index in [4.69, 9.17) is 16.3 Å². The number of carbonyl (C=O) groups is 3. The number of halogens is 1. The van der Waals surface area contributed by atoms with Crippen molar-refractivity contribution in [3.05, 3.63) is 88.5 Å². The number of phenolic OH excluding ortho intramolecular Hbond substituents is 1. The highest BCUT2D eigenvalue weighted by atomic mass is 35.5. The Morgan fingerprint density at radius 1 is 1.03 bits per heavy atom. The molecule has 35 heavy (non-hydrogen) atoms. The molecule has 0 spiro atoms. The van der Waals surface area contributed by atoms with Crippen LogP contribution in [0.15, 0.2) is 72.3 Å². The Bertz CT molecular complexity index is 1350. The number of aromatic hydroxyl groups is 1. The SMILES string of the molecule is COc1cc([C@@H]2C(=C(O)c3ccc(Cl)cc3)C(=O)C(=O)N2c2ccc(NC(C)=O)cc2)ccc1O. The quantitative estimate of drug-likeness (QED) is 0.271. The third kappa shape index (κ3) is 4.56. The molecule has 3 N–H and O–H groups in total. The summed E-state index contributed by atoms with van der Waals surface area (Å²) in [7, 11) is 1.38. The highest BCUT2D eigenvalue weighted by Gasteiger charge is 2.47. The number of hydrogen-bond donors (Lipinski definition) is 3. The molecule has 0 radical (unpaired) electrons. The van der Waals surface area contributed by atoms with Crippen LogP contribution in [0.2, 0.25) is 5.02 Å². The number of carbonyl (C=O) groups excluding carboxylic acids is 3. The molecule has 3 aromatic carbocycles. The zero-order valence-electron chi connectivity index (χ0n) is 18.8. The van der Waals surface area contributed by atoms with Crippen LogP contribution in [0.3, 0.4) is 0 Å². The highest BCUT2D eigenvalue weighted by molar-refractivity contribution is 6.51. The van der Waals surface area contributed by atoms with Crippen LogP contribution in [0.1, 0.15) is 24.1 Å². The minimum atomic E-state index is -1.02. The average Bonchev–Trinajstić information content (AvgIpc) is 3.10. The number of nitrogens with one attached hydrogen (secondary N) is 1. The molecule has 1 heterocycles. The number of rotatable bonds is 5. The van der Waals surface area contributed by atoms with Gasteiger partial charge in [0, 0.05) is 28.9 Å². The van der Waals surface area contributed by atoms with Crippen LogP contribution in [-0.4, -0.2) is 34.9 Å². The summed E-state index contributed by atoms with van der Waals surface area (Å²) in [5.74, 6) is -2.32. The van der Waals surface area contributed by atoms with Crippen molar-refractivity contribution >= 4 is 46.3 Å². The van der Waals surface area contributed by atoms with Gasteiger partial charge in [0.2, 0.25) is 5.91 Å². The van der Waals surface area contributed by atoms with Crippen LogP contribution >= 0.6 is 11.6 Å². The third-order valence-corrected chi connectivity index (χ3v) is 5.80. The standard InChI is InChI=1S/C26H21ClN2O6/c1-14(30)28-18-8-10-19(11-9-18)29-23(16-5-12-20(31)21(13-16)35-2)22(25(33)26(29)34)24(32)15-3-6-17(27)7-4-15/h3-13,23,31-32H,1-2H3,(H,28,30)/t23-/m1/s1. The van der Waals surface area contributed by atoms with Gasteiger partial charge < -0.3 is 20.3 Å². The number of benzene rings is 3.